The van der Waals surface area contributed by atoms with Crippen LogP contribution < -0.4 is 5.32 Å². The lowest BCUT2D eigenvalue weighted by atomic mass is 10.2. The van der Waals surface area contributed by atoms with Gasteiger partial charge in [0.05, 0.1) is 0 Å². The van der Waals surface area contributed by atoms with Gasteiger partial charge in [0.25, 0.3) is 0 Å². The van der Waals surface area contributed by atoms with Gasteiger partial charge in [0.2, 0.25) is 5.95 Å². The van der Waals surface area contributed by atoms with E-state index in [0.717, 1.165) is 5.92 Å². The van der Waals surface area contributed by atoms with E-state index in [9.17, 15) is 0 Å². The Morgan fingerprint density at radius 2 is 2.00 bits per heavy atom. The Morgan fingerprint density at radius 1 is 1.36 bits per heavy atom. The second kappa shape index (κ2) is 2.49. The van der Waals surface area contributed by atoms with Crippen molar-refractivity contribution >= 4 is 5.95 Å². The third-order valence-electron chi connectivity index (χ3n) is 1.94. The van der Waals surface area contributed by atoms with E-state index in [1.165, 1.54) is 18.4 Å². The molecule has 11 heavy (non-hydrogen) atoms. The van der Waals surface area contributed by atoms with E-state index in [1.807, 2.05) is 19.4 Å². The van der Waals surface area contributed by atoms with Crippen molar-refractivity contribution < 1.29 is 0 Å². The quantitative estimate of drug-likeness (QED) is 0.690. The van der Waals surface area contributed by atoms with Gasteiger partial charge in [0, 0.05) is 19.4 Å². The van der Waals surface area contributed by atoms with Crippen molar-refractivity contribution in [3.8, 4) is 0 Å². The average molecular weight is 149 g/mol. The van der Waals surface area contributed by atoms with Crippen LogP contribution in [0.25, 0.3) is 0 Å². The molecule has 58 valence electrons. The molecule has 0 spiro atoms. The highest BCUT2D eigenvalue weighted by Gasteiger charge is 2.23. The number of rotatable bonds is 2. The van der Waals surface area contributed by atoms with Crippen molar-refractivity contribution in [2.24, 2.45) is 0 Å². The molecule has 1 fully saturated rings. The predicted molar refractivity (Wildman–Crippen MR) is 43.6 cm³/mol. The van der Waals surface area contributed by atoms with Crippen LogP contribution in [0.1, 0.15) is 24.3 Å². The molecule has 0 atom stereocenters. The highest BCUT2D eigenvalue weighted by molar-refractivity contribution is 5.26. The molecule has 1 aromatic rings. The van der Waals surface area contributed by atoms with Gasteiger partial charge < -0.3 is 5.32 Å². The van der Waals surface area contributed by atoms with Gasteiger partial charge in [-0.1, -0.05) is 0 Å². The van der Waals surface area contributed by atoms with Gasteiger partial charge in [0.15, 0.2) is 0 Å². The summed E-state index contributed by atoms with van der Waals surface area (Å²) in [6.07, 6.45) is 6.44. The molecule has 0 unspecified atom stereocenters. The van der Waals surface area contributed by atoms with E-state index >= 15 is 0 Å². The van der Waals surface area contributed by atoms with E-state index in [-0.39, 0.29) is 0 Å². The zero-order chi connectivity index (χ0) is 7.68. The largest absolute Gasteiger partial charge is 0.357 e. The number of nitrogens with one attached hydrogen (secondary N) is 1. The van der Waals surface area contributed by atoms with Crippen LogP contribution in [0.3, 0.4) is 0 Å². The van der Waals surface area contributed by atoms with Crippen molar-refractivity contribution in [2.75, 3.05) is 12.4 Å². The number of hydrogen-bond donors (Lipinski definition) is 1. The minimum Gasteiger partial charge on any atom is -0.357 e. The summed E-state index contributed by atoms with van der Waals surface area (Å²) in [7, 11) is 1.83. The molecule has 0 saturated heterocycles. The van der Waals surface area contributed by atoms with E-state index in [2.05, 4.69) is 15.3 Å². The van der Waals surface area contributed by atoms with Gasteiger partial charge in [-0.15, -0.1) is 0 Å². The van der Waals surface area contributed by atoms with Crippen molar-refractivity contribution in [3.05, 3.63) is 18.0 Å². The van der Waals surface area contributed by atoms with Crippen LogP contribution >= 0.6 is 0 Å². The lowest BCUT2D eigenvalue weighted by Gasteiger charge is -1.98. The van der Waals surface area contributed by atoms with Crippen molar-refractivity contribution in [2.45, 2.75) is 18.8 Å². The van der Waals surface area contributed by atoms with Gasteiger partial charge in [0.1, 0.15) is 0 Å². The molecule has 0 aliphatic heterocycles. The lowest BCUT2D eigenvalue weighted by Crippen LogP contribution is -1.95. The van der Waals surface area contributed by atoms with Gasteiger partial charge in [-0.3, -0.25) is 0 Å². The zero-order valence-corrected chi connectivity index (χ0v) is 6.54. The monoisotopic (exact) mass is 149 g/mol. The molecule has 0 radical (unpaired) electrons. The second-order valence-electron chi connectivity index (χ2n) is 2.86. The fourth-order valence-corrected chi connectivity index (χ4v) is 1.09. The molecule has 1 N–H and O–H groups in total. The Bertz CT molecular complexity index is 238. The Morgan fingerprint density at radius 3 is 2.45 bits per heavy atom. The molecular weight excluding hydrogens is 138 g/mol. The molecule has 1 aliphatic rings. The number of nitrogens with zero attached hydrogens (tertiary/aromatic N) is 2. The third kappa shape index (κ3) is 1.31. The molecule has 0 bridgehead atoms. The van der Waals surface area contributed by atoms with Gasteiger partial charge in [-0.25, -0.2) is 9.97 Å². The minimum atomic E-state index is 0.703. The Balaban J connectivity index is 2.19. The fourth-order valence-electron chi connectivity index (χ4n) is 1.09. The minimum absolute atomic E-state index is 0.703. The van der Waals surface area contributed by atoms with Crippen LogP contribution in [0.4, 0.5) is 5.95 Å². The molecule has 1 heterocycles. The first-order valence-corrected chi connectivity index (χ1v) is 3.90. The first kappa shape index (κ1) is 6.58. The molecule has 3 nitrogen and oxygen atoms in total. The molecule has 1 aromatic heterocycles. The molecule has 2 rings (SSSR count). The van der Waals surface area contributed by atoms with Crippen LogP contribution in [0.15, 0.2) is 12.4 Å². The molecule has 0 aromatic carbocycles. The summed E-state index contributed by atoms with van der Waals surface area (Å²) >= 11 is 0. The first-order valence-electron chi connectivity index (χ1n) is 3.90. The van der Waals surface area contributed by atoms with E-state index in [1.54, 1.807) is 0 Å². The van der Waals surface area contributed by atoms with E-state index < -0.39 is 0 Å². The van der Waals surface area contributed by atoms with Gasteiger partial charge in [-0.05, 0) is 24.3 Å². The van der Waals surface area contributed by atoms with Crippen LogP contribution in [0, 0.1) is 0 Å². The number of anilines is 1. The molecule has 1 saturated carbocycles. The molecule has 0 amide bonds. The first-order chi connectivity index (χ1) is 5.40. The Labute approximate surface area is 65.9 Å². The Kier molecular flexibility index (Phi) is 1.49. The summed E-state index contributed by atoms with van der Waals surface area (Å²) in [6, 6.07) is 0. The average Bonchev–Trinajstić information content (AvgIpc) is 2.87. The standard InChI is InChI=1S/C8H11N3/c1-9-8-10-4-7(5-11-8)6-2-3-6/h4-6H,2-3H2,1H3,(H,9,10,11). The van der Waals surface area contributed by atoms with Crippen LogP contribution in [-0.2, 0) is 0 Å². The lowest BCUT2D eigenvalue weighted by molar-refractivity contribution is 1.03. The smallest absolute Gasteiger partial charge is 0.222 e. The van der Waals surface area contributed by atoms with Crippen LogP contribution in [0.2, 0.25) is 0 Å². The summed E-state index contributed by atoms with van der Waals surface area (Å²) in [5.74, 6) is 1.45. The highest BCUT2D eigenvalue weighted by atomic mass is 15.1. The molecule has 1 aliphatic carbocycles. The Hall–Kier alpha value is -1.12. The summed E-state index contributed by atoms with van der Waals surface area (Å²) in [5.41, 5.74) is 1.28. The van der Waals surface area contributed by atoms with E-state index in [0.29, 0.717) is 5.95 Å². The normalized spacial score (nSPS) is 16.5. The number of aromatic nitrogens is 2. The topological polar surface area (TPSA) is 37.8 Å². The van der Waals surface area contributed by atoms with E-state index in [4.69, 9.17) is 0 Å². The summed E-state index contributed by atoms with van der Waals surface area (Å²) in [6.45, 7) is 0. The van der Waals surface area contributed by atoms with Gasteiger partial charge >= 0.3 is 0 Å². The maximum Gasteiger partial charge on any atom is 0.222 e. The van der Waals surface area contributed by atoms with Crippen LogP contribution in [-0.4, -0.2) is 17.0 Å². The SMILES string of the molecule is CNc1ncc(C2CC2)cn1. The zero-order valence-electron chi connectivity index (χ0n) is 6.54. The maximum absolute atomic E-state index is 4.14. The summed E-state index contributed by atoms with van der Waals surface area (Å²) < 4.78 is 0. The van der Waals surface area contributed by atoms with Crippen molar-refractivity contribution in [1.29, 1.82) is 0 Å². The van der Waals surface area contributed by atoms with Crippen molar-refractivity contribution in [3.63, 3.8) is 0 Å². The van der Waals surface area contributed by atoms with Crippen molar-refractivity contribution in [1.82, 2.24) is 9.97 Å². The second-order valence-corrected chi connectivity index (χ2v) is 2.86. The number of hydrogen-bond acceptors (Lipinski definition) is 3. The summed E-state index contributed by atoms with van der Waals surface area (Å²) in [4.78, 5) is 8.27. The van der Waals surface area contributed by atoms with Gasteiger partial charge in [-0.2, -0.15) is 0 Å². The highest BCUT2D eigenvalue weighted by Crippen LogP contribution is 2.39. The predicted octanol–water partition coefficient (Wildman–Crippen LogP) is 1.40. The molecule has 3 heteroatoms. The molecular formula is C8H11N3. The third-order valence-corrected chi connectivity index (χ3v) is 1.94. The maximum atomic E-state index is 4.14. The summed E-state index contributed by atoms with van der Waals surface area (Å²) in [5, 5.41) is 2.89. The fraction of sp³-hybridized carbons (Fsp3) is 0.500. The van der Waals surface area contributed by atoms with Crippen LogP contribution in [0.5, 0.6) is 0 Å².